The zero-order valence-corrected chi connectivity index (χ0v) is 17.3. The SMILES string of the molecule is COc1ccc(NC(COC(=O)O)NS(=O)(=O)c2ccccc2Br)cc1.Cl. The summed E-state index contributed by atoms with van der Waals surface area (Å²) in [7, 11) is -2.40. The molecule has 0 heterocycles. The number of carbonyl (C=O) groups is 1. The summed E-state index contributed by atoms with van der Waals surface area (Å²) < 4.78 is 37.5. The Kier molecular flexibility index (Phi) is 8.83. The van der Waals surface area contributed by atoms with Gasteiger partial charge in [-0.2, -0.15) is 4.72 Å². The van der Waals surface area contributed by atoms with Crippen molar-refractivity contribution in [2.24, 2.45) is 0 Å². The summed E-state index contributed by atoms with van der Waals surface area (Å²) >= 11 is 3.19. The molecule has 27 heavy (non-hydrogen) atoms. The maximum absolute atomic E-state index is 12.6. The van der Waals surface area contributed by atoms with Gasteiger partial charge in [0.15, 0.2) is 0 Å². The van der Waals surface area contributed by atoms with Gasteiger partial charge in [0.05, 0.1) is 12.0 Å². The van der Waals surface area contributed by atoms with Gasteiger partial charge in [0, 0.05) is 10.2 Å². The molecule has 1 atom stereocenters. The summed E-state index contributed by atoms with van der Waals surface area (Å²) in [4.78, 5) is 10.7. The van der Waals surface area contributed by atoms with E-state index in [-0.39, 0.29) is 17.3 Å². The van der Waals surface area contributed by atoms with Gasteiger partial charge in [0.25, 0.3) is 0 Å². The highest BCUT2D eigenvalue weighted by molar-refractivity contribution is 9.10. The maximum Gasteiger partial charge on any atom is 0.505 e. The van der Waals surface area contributed by atoms with Crippen molar-refractivity contribution in [3.63, 3.8) is 0 Å². The third-order valence-corrected chi connectivity index (χ3v) is 5.71. The van der Waals surface area contributed by atoms with E-state index in [1.807, 2.05) is 0 Å². The number of carboxylic acid groups (broad SMARTS) is 1. The Morgan fingerprint density at radius 3 is 2.37 bits per heavy atom. The molecule has 3 N–H and O–H groups in total. The smallest absolute Gasteiger partial charge is 0.497 e. The lowest BCUT2D eigenvalue weighted by Crippen LogP contribution is -2.44. The molecular weight excluding hydrogens is 464 g/mol. The summed E-state index contributed by atoms with van der Waals surface area (Å²) in [6.45, 7) is -0.426. The molecule has 0 amide bonds. The number of hydrogen-bond donors (Lipinski definition) is 3. The Morgan fingerprint density at radius 1 is 1.19 bits per heavy atom. The van der Waals surface area contributed by atoms with Crippen molar-refractivity contribution in [2.75, 3.05) is 19.0 Å². The molecule has 0 aliphatic carbocycles. The summed E-state index contributed by atoms with van der Waals surface area (Å²) in [5.74, 6) is 0.627. The average Bonchev–Trinajstić information content (AvgIpc) is 2.60. The van der Waals surface area contributed by atoms with E-state index in [2.05, 4.69) is 30.7 Å². The van der Waals surface area contributed by atoms with Crippen LogP contribution in [0.4, 0.5) is 10.5 Å². The number of benzene rings is 2. The van der Waals surface area contributed by atoms with Crippen molar-refractivity contribution in [2.45, 2.75) is 11.1 Å². The fourth-order valence-corrected chi connectivity index (χ4v) is 4.20. The fourth-order valence-electron chi connectivity index (χ4n) is 2.06. The number of nitrogens with one attached hydrogen (secondary N) is 2. The topological polar surface area (TPSA) is 114 Å². The second-order valence-electron chi connectivity index (χ2n) is 5.05. The van der Waals surface area contributed by atoms with E-state index in [0.717, 1.165) is 0 Å². The lowest BCUT2D eigenvalue weighted by molar-refractivity contribution is 0.0870. The minimum absolute atomic E-state index is 0. The van der Waals surface area contributed by atoms with Gasteiger partial charge in [-0.3, -0.25) is 0 Å². The van der Waals surface area contributed by atoms with E-state index in [9.17, 15) is 13.2 Å². The molecule has 0 aliphatic rings. The number of ether oxygens (including phenoxy) is 2. The van der Waals surface area contributed by atoms with Crippen molar-refractivity contribution in [1.82, 2.24) is 4.72 Å². The molecule has 8 nitrogen and oxygen atoms in total. The van der Waals surface area contributed by atoms with Gasteiger partial charge in [-0.25, -0.2) is 13.2 Å². The maximum atomic E-state index is 12.6. The van der Waals surface area contributed by atoms with Crippen molar-refractivity contribution in [3.05, 3.63) is 53.0 Å². The van der Waals surface area contributed by atoms with Crippen molar-refractivity contribution < 1.29 is 27.8 Å². The first-order chi connectivity index (χ1) is 12.3. The van der Waals surface area contributed by atoms with Crippen LogP contribution >= 0.6 is 28.3 Å². The number of methoxy groups -OCH3 is 1. The van der Waals surface area contributed by atoms with Crippen LogP contribution in [0.2, 0.25) is 0 Å². The molecule has 11 heteroatoms. The third kappa shape index (κ3) is 6.90. The summed E-state index contributed by atoms with van der Waals surface area (Å²) in [6.07, 6.45) is -2.52. The van der Waals surface area contributed by atoms with E-state index in [4.69, 9.17) is 9.84 Å². The van der Waals surface area contributed by atoms with E-state index >= 15 is 0 Å². The molecule has 1 unspecified atom stereocenters. The van der Waals surface area contributed by atoms with Crippen molar-refractivity contribution in [1.29, 1.82) is 0 Å². The normalized spacial score (nSPS) is 11.8. The molecule has 0 bridgehead atoms. The Morgan fingerprint density at radius 2 is 1.81 bits per heavy atom. The Hall–Kier alpha value is -2.01. The van der Waals surface area contributed by atoms with Gasteiger partial charge in [-0.05, 0) is 52.3 Å². The van der Waals surface area contributed by atoms with Crippen LogP contribution in [-0.2, 0) is 14.8 Å². The van der Waals surface area contributed by atoms with Gasteiger partial charge in [0.2, 0.25) is 10.0 Å². The number of anilines is 1. The van der Waals surface area contributed by atoms with Gasteiger partial charge in [0.1, 0.15) is 18.5 Å². The molecule has 2 aromatic carbocycles. The molecule has 148 valence electrons. The third-order valence-electron chi connectivity index (χ3n) is 3.23. The standard InChI is InChI=1S/C16H17BrN2O6S.ClH/c1-24-12-8-6-11(7-9-12)18-15(10-25-16(20)21)19-26(22,23)14-5-3-2-4-13(14)17;/h2-9,15,18-19H,10H2,1H3,(H,20,21);1H. The second kappa shape index (κ2) is 10.4. The first-order valence-electron chi connectivity index (χ1n) is 7.35. The molecule has 0 aromatic heterocycles. The number of halogens is 2. The number of hydrogen-bond acceptors (Lipinski definition) is 6. The van der Waals surface area contributed by atoms with Crippen LogP contribution in [0.25, 0.3) is 0 Å². The van der Waals surface area contributed by atoms with Crippen LogP contribution in [0.5, 0.6) is 5.75 Å². The van der Waals surface area contributed by atoms with E-state index < -0.39 is 29.0 Å². The van der Waals surface area contributed by atoms with Crippen LogP contribution in [-0.4, -0.2) is 39.6 Å². The monoisotopic (exact) mass is 480 g/mol. The fraction of sp³-hybridized carbons (Fsp3) is 0.188. The second-order valence-corrected chi connectivity index (χ2v) is 7.59. The van der Waals surface area contributed by atoms with Crippen LogP contribution in [0.15, 0.2) is 57.9 Å². The molecule has 2 rings (SSSR count). The largest absolute Gasteiger partial charge is 0.505 e. The molecule has 0 saturated carbocycles. The van der Waals surface area contributed by atoms with Gasteiger partial charge in [-0.1, -0.05) is 12.1 Å². The highest BCUT2D eigenvalue weighted by Crippen LogP contribution is 2.22. The molecule has 0 radical (unpaired) electrons. The first-order valence-corrected chi connectivity index (χ1v) is 9.62. The molecule has 0 saturated heterocycles. The molecule has 0 fully saturated rings. The number of rotatable bonds is 8. The highest BCUT2D eigenvalue weighted by Gasteiger charge is 2.23. The van der Waals surface area contributed by atoms with Gasteiger partial charge < -0.3 is 19.9 Å². The minimum Gasteiger partial charge on any atom is -0.497 e. The van der Waals surface area contributed by atoms with Crippen LogP contribution in [0, 0.1) is 0 Å². The van der Waals surface area contributed by atoms with Gasteiger partial charge >= 0.3 is 6.16 Å². The Balaban J connectivity index is 0.00000364. The number of sulfonamides is 1. The van der Waals surface area contributed by atoms with E-state index in [0.29, 0.717) is 15.9 Å². The quantitative estimate of drug-likeness (QED) is 0.391. The van der Waals surface area contributed by atoms with Crippen molar-refractivity contribution >= 4 is 50.2 Å². The zero-order valence-electron chi connectivity index (χ0n) is 14.1. The highest BCUT2D eigenvalue weighted by atomic mass is 79.9. The summed E-state index contributed by atoms with van der Waals surface area (Å²) in [6, 6.07) is 13.0. The zero-order chi connectivity index (χ0) is 19.2. The molecule has 0 spiro atoms. The van der Waals surface area contributed by atoms with E-state index in [1.165, 1.54) is 13.2 Å². The first kappa shape index (κ1) is 23.0. The lowest BCUT2D eigenvalue weighted by Gasteiger charge is -2.21. The minimum atomic E-state index is -3.93. The average molecular weight is 482 g/mol. The summed E-state index contributed by atoms with van der Waals surface area (Å²) in [5.41, 5.74) is 0.555. The predicted octanol–water partition coefficient (Wildman–Crippen LogP) is 3.29. The Bertz CT molecular complexity index is 863. The summed E-state index contributed by atoms with van der Waals surface area (Å²) in [5, 5.41) is 11.6. The Labute approximate surface area is 171 Å². The van der Waals surface area contributed by atoms with Crippen LogP contribution < -0.4 is 14.8 Å². The van der Waals surface area contributed by atoms with Crippen LogP contribution in [0.3, 0.4) is 0 Å². The van der Waals surface area contributed by atoms with E-state index in [1.54, 1.807) is 42.5 Å². The molecular formula is C16H18BrClN2O6S. The van der Waals surface area contributed by atoms with Gasteiger partial charge in [-0.15, -0.1) is 12.4 Å². The molecule has 0 aliphatic heterocycles. The molecule has 2 aromatic rings. The lowest BCUT2D eigenvalue weighted by atomic mass is 10.3. The predicted molar refractivity (Wildman–Crippen MR) is 106 cm³/mol. The van der Waals surface area contributed by atoms with Crippen molar-refractivity contribution in [3.8, 4) is 5.75 Å². The van der Waals surface area contributed by atoms with Crippen LogP contribution in [0.1, 0.15) is 0 Å².